The number of hydrogen-bond donors (Lipinski definition) is 0. The maximum Gasteiger partial charge on any atom is 0.419 e. The summed E-state index contributed by atoms with van der Waals surface area (Å²) in [6.45, 7) is 0. The number of halogens is 4. The summed E-state index contributed by atoms with van der Waals surface area (Å²) in [6.07, 6.45) is -0.739. The summed E-state index contributed by atoms with van der Waals surface area (Å²) in [6, 6.07) is 2.80. The van der Waals surface area contributed by atoms with Crippen LogP contribution in [0.15, 0.2) is 24.3 Å². The standard InChI is InChI=1S/C14H12F4O/c15-13-8-10(5-6-12(13)14(16,17)18)9-3-1-2-4-11(19)7-9/h5-8H,1-4H2. The van der Waals surface area contributed by atoms with Gasteiger partial charge in [0.15, 0.2) is 5.78 Å². The molecule has 0 N–H and O–H groups in total. The molecular weight excluding hydrogens is 260 g/mol. The molecule has 1 aliphatic carbocycles. The topological polar surface area (TPSA) is 17.1 Å². The van der Waals surface area contributed by atoms with E-state index in [-0.39, 0.29) is 5.78 Å². The molecule has 0 heterocycles. The second kappa shape index (κ2) is 5.15. The van der Waals surface area contributed by atoms with Crippen LogP contribution in [0.2, 0.25) is 0 Å². The van der Waals surface area contributed by atoms with Gasteiger partial charge in [-0.2, -0.15) is 13.2 Å². The predicted molar refractivity (Wildman–Crippen MR) is 62.9 cm³/mol. The minimum Gasteiger partial charge on any atom is -0.295 e. The molecule has 0 unspecified atom stereocenters. The third-order valence-corrected chi connectivity index (χ3v) is 3.10. The molecule has 0 fully saturated rings. The highest BCUT2D eigenvalue weighted by molar-refractivity contribution is 5.97. The van der Waals surface area contributed by atoms with Crippen LogP contribution in [0.1, 0.15) is 36.8 Å². The Morgan fingerprint density at radius 2 is 1.74 bits per heavy atom. The molecule has 1 aromatic carbocycles. The number of allylic oxidation sites excluding steroid dienone is 2. The maximum atomic E-state index is 13.5. The van der Waals surface area contributed by atoms with Crippen LogP contribution in [-0.4, -0.2) is 5.78 Å². The SMILES string of the molecule is O=C1C=C(c2ccc(C(F)(F)F)c(F)c2)CCCC1. The summed E-state index contributed by atoms with van der Waals surface area (Å²) < 4.78 is 50.8. The highest BCUT2D eigenvalue weighted by Gasteiger charge is 2.34. The molecule has 0 radical (unpaired) electrons. The monoisotopic (exact) mass is 272 g/mol. The third-order valence-electron chi connectivity index (χ3n) is 3.10. The maximum absolute atomic E-state index is 13.5. The molecule has 0 spiro atoms. The Kier molecular flexibility index (Phi) is 3.73. The van der Waals surface area contributed by atoms with E-state index >= 15 is 0 Å². The quantitative estimate of drug-likeness (QED) is 0.694. The van der Waals surface area contributed by atoms with Crippen LogP contribution in [-0.2, 0) is 11.0 Å². The second-order valence-corrected chi connectivity index (χ2v) is 4.54. The fourth-order valence-corrected chi connectivity index (χ4v) is 2.13. The Balaban J connectivity index is 2.37. The normalized spacial score (nSPS) is 17.1. The molecule has 0 amide bonds. The van der Waals surface area contributed by atoms with Crippen molar-refractivity contribution < 1.29 is 22.4 Å². The molecule has 1 nitrogen and oxygen atoms in total. The first-order valence-electron chi connectivity index (χ1n) is 5.98. The first-order valence-corrected chi connectivity index (χ1v) is 5.98. The highest BCUT2D eigenvalue weighted by atomic mass is 19.4. The van der Waals surface area contributed by atoms with Gasteiger partial charge in [0, 0.05) is 6.42 Å². The van der Waals surface area contributed by atoms with Gasteiger partial charge in [-0.3, -0.25) is 4.79 Å². The van der Waals surface area contributed by atoms with Crippen molar-refractivity contribution in [3.63, 3.8) is 0 Å². The lowest BCUT2D eigenvalue weighted by atomic mass is 9.99. The molecule has 0 aromatic heterocycles. The molecule has 0 bridgehead atoms. The molecule has 102 valence electrons. The first-order chi connectivity index (χ1) is 8.88. The van der Waals surface area contributed by atoms with Gasteiger partial charge in [0.05, 0.1) is 5.56 Å². The number of carbonyl (C=O) groups excluding carboxylic acids is 1. The van der Waals surface area contributed by atoms with E-state index in [1.165, 1.54) is 12.1 Å². The van der Waals surface area contributed by atoms with Crippen LogP contribution in [0.25, 0.3) is 5.57 Å². The summed E-state index contributed by atoms with van der Waals surface area (Å²) in [5, 5.41) is 0. The lowest BCUT2D eigenvalue weighted by Crippen LogP contribution is -2.08. The van der Waals surface area contributed by atoms with E-state index in [9.17, 15) is 22.4 Å². The molecule has 0 saturated carbocycles. The zero-order valence-corrected chi connectivity index (χ0v) is 10.1. The molecular formula is C14H12F4O. The summed E-state index contributed by atoms with van der Waals surface area (Å²) in [4.78, 5) is 11.4. The van der Waals surface area contributed by atoms with Crippen LogP contribution in [0.3, 0.4) is 0 Å². The van der Waals surface area contributed by atoms with Crippen LogP contribution in [0.5, 0.6) is 0 Å². The minimum absolute atomic E-state index is 0.0622. The van der Waals surface area contributed by atoms with E-state index in [0.717, 1.165) is 25.0 Å². The molecule has 1 aromatic rings. The number of benzene rings is 1. The van der Waals surface area contributed by atoms with Crippen molar-refractivity contribution in [3.05, 3.63) is 41.2 Å². The Hall–Kier alpha value is -1.65. The molecule has 0 atom stereocenters. The number of rotatable bonds is 1. The minimum atomic E-state index is -4.70. The lowest BCUT2D eigenvalue weighted by Gasteiger charge is -2.10. The third kappa shape index (κ3) is 3.22. The number of alkyl halides is 3. The largest absolute Gasteiger partial charge is 0.419 e. The molecule has 0 saturated heterocycles. The van der Waals surface area contributed by atoms with E-state index < -0.39 is 17.6 Å². The average molecular weight is 272 g/mol. The Morgan fingerprint density at radius 1 is 1.05 bits per heavy atom. The fourth-order valence-electron chi connectivity index (χ4n) is 2.13. The van der Waals surface area contributed by atoms with Crippen molar-refractivity contribution >= 4 is 11.4 Å². The van der Waals surface area contributed by atoms with Crippen molar-refractivity contribution in [2.75, 3.05) is 0 Å². The van der Waals surface area contributed by atoms with Gasteiger partial charge in [-0.25, -0.2) is 4.39 Å². The smallest absolute Gasteiger partial charge is 0.295 e. The molecule has 1 aliphatic rings. The first kappa shape index (κ1) is 13.8. The predicted octanol–water partition coefficient (Wildman–Crippen LogP) is 4.37. The van der Waals surface area contributed by atoms with Crippen molar-refractivity contribution in [3.8, 4) is 0 Å². The van der Waals surface area contributed by atoms with E-state index in [0.29, 0.717) is 24.0 Å². The van der Waals surface area contributed by atoms with Gasteiger partial charge in [0.25, 0.3) is 0 Å². The Labute approximate surface area is 107 Å². The summed E-state index contributed by atoms with van der Waals surface area (Å²) in [5.41, 5.74) is -0.326. The van der Waals surface area contributed by atoms with Crippen LogP contribution in [0, 0.1) is 5.82 Å². The highest BCUT2D eigenvalue weighted by Crippen LogP contribution is 2.33. The van der Waals surface area contributed by atoms with E-state index in [1.807, 2.05) is 0 Å². The Morgan fingerprint density at radius 3 is 2.37 bits per heavy atom. The molecule has 0 aliphatic heterocycles. The fraction of sp³-hybridized carbons (Fsp3) is 0.357. The zero-order valence-electron chi connectivity index (χ0n) is 10.1. The lowest BCUT2D eigenvalue weighted by molar-refractivity contribution is -0.140. The van der Waals surface area contributed by atoms with Crippen molar-refractivity contribution in [2.45, 2.75) is 31.9 Å². The average Bonchev–Trinajstić information content (AvgIpc) is 2.52. The van der Waals surface area contributed by atoms with Gasteiger partial charge in [0.1, 0.15) is 5.82 Å². The van der Waals surface area contributed by atoms with Crippen molar-refractivity contribution in [1.29, 1.82) is 0 Å². The Bertz CT molecular complexity index is 529. The summed E-state index contributed by atoms with van der Waals surface area (Å²) in [5.74, 6) is -1.37. The molecule has 5 heteroatoms. The molecule has 2 rings (SSSR count). The number of ketones is 1. The van der Waals surface area contributed by atoms with Gasteiger partial charge < -0.3 is 0 Å². The second-order valence-electron chi connectivity index (χ2n) is 4.54. The molecule has 19 heavy (non-hydrogen) atoms. The zero-order chi connectivity index (χ0) is 14.0. The van der Waals surface area contributed by atoms with Crippen LogP contribution in [0.4, 0.5) is 17.6 Å². The number of hydrogen-bond acceptors (Lipinski definition) is 1. The van der Waals surface area contributed by atoms with Gasteiger partial charge in [-0.1, -0.05) is 6.07 Å². The van der Waals surface area contributed by atoms with E-state index in [1.54, 1.807) is 0 Å². The van der Waals surface area contributed by atoms with Gasteiger partial charge in [-0.05, 0) is 48.6 Å². The number of carbonyl (C=O) groups is 1. The van der Waals surface area contributed by atoms with Gasteiger partial charge in [-0.15, -0.1) is 0 Å². The van der Waals surface area contributed by atoms with Crippen molar-refractivity contribution in [2.24, 2.45) is 0 Å². The van der Waals surface area contributed by atoms with Gasteiger partial charge >= 0.3 is 6.18 Å². The summed E-state index contributed by atoms with van der Waals surface area (Å²) >= 11 is 0. The van der Waals surface area contributed by atoms with Crippen LogP contribution < -0.4 is 0 Å². The van der Waals surface area contributed by atoms with E-state index in [2.05, 4.69) is 0 Å². The van der Waals surface area contributed by atoms with Gasteiger partial charge in [0.2, 0.25) is 0 Å². The van der Waals surface area contributed by atoms with E-state index in [4.69, 9.17) is 0 Å². The van der Waals surface area contributed by atoms with Crippen LogP contribution >= 0.6 is 0 Å². The van der Waals surface area contributed by atoms with Crippen molar-refractivity contribution in [1.82, 2.24) is 0 Å². The summed E-state index contributed by atoms with van der Waals surface area (Å²) in [7, 11) is 0.